The molecule has 3 heteroatoms. The molecule has 0 fully saturated rings. The molecule has 1 atom stereocenters. The minimum Gasteiger partial charge on any atom is -0.316 e. The molecule has 0 amide bonds. The SMILES string of the molecule is CNC(Cc1nc(C)cs1)Cc1ccccc1C. The maximum absolute atomic E-state index is 4.54. The first-order valence-electron chi connectivity index (χ1n) is 6.32. The van der Waals surface area contributed by atoms with E-state index in [0.717, 1.165) is 18.5 Å². The Bertz CT molecular complexity index is 505. The molecule has 2 nitrogen and oxygen atoms in total. The molecule has 0 aliphatic heterocycles. The lowest BCUT2D eigenvalue weighted by Gasteiger charge is -2.16. The van der Waals surface area contributed by atoms with Crippen molar-refractivity contribution in [1.82, 2.24) is 10.3 Å². The summed E-state index contributed by atoms with van der Waals surface area (Å²) in [6.45, 7) is 4.23. The Labute approximate surface area is 113 Å². The summed E-state index contributed by atoms with van der Waals surface area (Å²) in [5, 5.41) is 6.75. The van der Waals surface area contributed by atoms with Crippen molar-refractivity contribution in [2.75, 3.05) is 7.05 Å². The van der Waals surface area contributed by atoms with Crippen molar-refractivity contribution in [1.29, 1.82) is 0 Å². The van der Waals surface area contributed by atoms with Gasteiger partial charge in [0, 0.05) is 23.5 Å². The number of nitrogens with zero attached hydrogens (tertiary/aromatic N) is 1. The molecule has 1 unspecified atom stereocenters. The molecule has 0 spiro atoms. The highest BCUT2D eigenvalue weighted by molar-refractivity contribution is 7.09. The van der Waals surface area contributed by atoms with Crippen LogP contribution in [0.3, 0.4) is 0 Å². The third kappa shape index (κ3) is 3.40. The normalized spacial score (nSPS) is 12.6. The number of hydrogen-bond acceptors (Lipinski definition) is 3. The van der Waals surface area contributed by atoms with Crippen LogP contribution in [0.25, 0.3) is 0 Å². The van der Waals surface area contributed by atoms with Crippen LogP contribution in [0.15, 0.2) is 29.6 Å². The van der Waals surface area contributed by atoms with Gasteiger partial charge in [0.05, 0.1) is 5.01 Å². The maximum Gasteiger partial charge on any atom is 0.0943 e. The van der Waals surface area contributed by atoms with Crippen LogP contribution in [-0.2, 0) is 12.8 Å². The van der Waals surface area contributed by atoms with Crippen molar-refractivity contribution in [3.63, 3.8) is 0 Å². The van der Waals surface area contributed by atoms with Crippen LogP contribution in [0.5, 0.6) is 0 Å². The highest BCUT2D eigenvalue weighted by atomic mass is 32.1. The number of aromatic nitrogens is 1. The summed E-state index contributed by atoms with van der Waals surface area (Å²) in [6, 6.07) is 9.05. The van der Waals surface area contributed by atoms with E-state index in [2.05, 4.69) is 53.8 Å². The predicted molar refractivity (Wildman–Crippen MR) is 78.3 cm³/mol. The Balaban J connectivity index is 2.04. The summed E-state index contributed by atoms with van der Waals surface area (Å²) in [4.78, 5) is 4.54. The lowest BCUT2D eigenvalue weighted by Crippen LogP contribution is -2.30. The molecule has 1 aromatic heterocycles. The van der Waals surface area contributed by atoms with Crippen molar-refractivity contribution >= 4 is 11.3 Å². The van der Waals surface area contributed by atoms with Gasteiger partial charge < -0.3 is 5.32 Å². The van der Waals surface area contributed by atoms with Crippen molar-refractivity contribution < 1.29 is 0 Å². The van der Waals surface area contributed by atoms with Gasteiger partial charge in [-0.25, -0.2) is 4.98 Å². The summed E-state index contributed by atoms with van der Waals surface area (Å²) in [7, 11) is 2.03. The Morgan fingerprint density at radius 3 is 2.61 bits per heavy atom. The van der Waals surface area contributed by atoms with Gasteiger partial charge in [-0.3, -0.25) is 0 Å². The molecular formula is C15H20N2S. The third-order valence-corrected chi connectivity index (χ3v) is 4.21. The summed E-state index contributed by atoms with van der Waals surface area (Å²) in [5.74, 6) is 0. The number of thiazole rings is 1. The van der Waals surface area contributed by atoms with Gasteiger partial charge in [0.2, 0.25) is 0 Å². The van der Waals surface area contributed by atoms with Crippen molar-refractivity contribution in [2.45, 2.75) is 32.7 Å². The first kappa shape index (κ1) is 13.2. The molecular weight excluding hydrogens is 240 g/mol. The van der Waals surface area contributed by atoms with Gasteiger partial charge in [-0.1, -0.05) is 24.3 Å². The van der Waals surface area contributed by atoms with E-state index in [-0.39, 0.29) is 0 Å². The van der Waals surface area contributed by atoms with E-state index in [9.17, 15) is 0 Å². The van der Waals surface area contributed by atoms with Gasteiger partial charge in [-0.15, -0.1) is 11.3 Å². The van der Waals surface area contributed by atoms with Crippen LogP contribution in [0, 0.1) is 13.8 Å². The number of benzene rings is 1. The molecule has 1 N–H and O–H groups in total. The molecule has 0 aliphatic rings. The molecule has 1 aromatic carbocycles. The molecule has 18 heavy (non-hydrogen) atoms. The fourth-order valence-corrected chi connectivity index (χ4v) is 2.94. The summed E-state index contributed by atoms with van der Waals surface area (Å²) in [5.41, 5.74) is 3.92. The molecule has 0 aliphatic carbocycles. The van der Waals surface area contributed by atoms with E-state index in [0.29, 0.717) is 6.04 Å². The highest BCUT2D eigenvalue weighted by Gasteiger charge is 2.11. The topological polar surface area (TPSA) is 24.9 Å². The zero-order chi connectivity index (χ0) is 13.0. The Morgan fingerprint density at radius 2 is 2.00 bits per heavy atom. The fourth-order valence-electron chi connectivity index (χ4n) is 2.09. The van der Waals surface area contributed by atoms with E-state index in [1.807, 2.05) is 7.05 Å². The highest BCUT2D eigenvalue weighted by Crippen LogP contribution is 2.15. The summed E-state index contributed by atoms with van der Waals surface area (Å²) in [6.07, 6.45) is 2.06. The first-order valence-corrected chi connectivity index (χ1v) is 7.19. The van der Waals surface area contributed by atoms with Gasteiger partial charge in [0.1, 0.15) is 0 Å². The molecule has 2 aromatic rings. The monoisotopic (exact) mass is 260 g/mol. The molecule has 0 radical (unpaired) electrons. The average molecular weight is 260 g/mol. The molecule has 0 saturated carbocycles. The molecule has 0 bridgehead atoms. The Hall–Kier alpha value is -1.19. The second-order valence-corrected chi connectivity index (χ2v) is 5.65. The first-order chi connectivity index (χ1) is 8.69. The molecule has 96 valence electrons. The second kappa shape index (κ2) is 6.12. The zero-order valence-corrected chi connectivity index (χ0v) is 12.1. The Morgan fingerprint density at radius 1 is 1.22 bits per heavy atom. The van der Waals surface area contributed by atoms with Crippen LogP contribution in [-0.4, -0.2) is 18.1 Å². The van der Waals surface area contributed by atoms with Crippen LogP contribution in [0.4, 0.5) is 0 Å². The molecule has 2 rings (SSSR count). The minimum absolute atomic E-state index is 0.455. The quantitative estimate of drug-likeness (QED) is 0.893. The molecule has 1 heterocycles. The van der Waals surface area contributed by atoms with Crippen molar-refractivity contribution in [2.24, 2.45) is 0 Å². The fraction of sp³-hybridized carbons (Fsp3) is 0.400. The minimum atomic E-state index is 0.455. The third-order valence-electron chi connectivity index (χ3n) is 3.22. The summed E-state index contributed by atoms with van der Waals surface area (Å²) >= 11 is 1.76. The largest absolute Gasteiger partial charge is 0.316 e. The number of aryl methyl sites for hydroxylation is 2. The number of nitrogens with one attached hydrogen (secondary N) is 1. The van der Waals surface area contributed by atoms with Crippen LogP contribution < -0.4 is 5.32 Å². The van der Waals surface area contributed by atoms with Gasteiger partial charge in [0.15, 0.2) is 0 Å². The van der Waals surface area contributed by atoms with E-state index in [4.69, 9.17) is 0 Å². The van der Waals surface area contributed by atoms with Crippen LogP contribution in [0.2, 0.25) is 0 Å². The van der Waals surface area contributed by atoms with Crippen molar-refractivity contribution in [3.8, 4) is 0 Å². The average Bonchev–Trinajstić information content (AvgIpc) is 2.76. The smallest absolute Gasteiger partial charge is 0.0943 e. The van der Waals surface area contributed by atoms with Crippen LogP contribution >= 0.6 is 11.3 Å². The number of hydrogen-bond donors (Lipinski definition) is 1. The molecule has 0 saturated heterocycles. The standard InChI is InChI=1S/C15H20N2S/c1-11-6-4-5-7-13(11)8-14(16-3)9-15-17-12(2)10-18-15/h4-7,10,14,16H,8-9H2,1-3H3. The van der Waals surface area contributed by atoms with Crippen molar-refractivity contribution in [3.05, 3.63) is 51.5 Å². The summed E-state index contributed by atoms with van der Waals surface area (Å²) < 4.78 is 0. The lowest BCUT2D eigenvalue weighted by molar-refractivity contribution is 0.554. The Kier molecular flexibility index (Phi) is 4.50. The van der Waals surface area contributed by atoms with Gasteiger partial charge in [-0.2, -0.15) is 0 Å². The van der Waals surface area contributed by atoms with E-state index >= 15 is 0 Å². The van der Waals surface area contributed by atoms with E-state index in [1.54, 1.807) is 11.3 Å². The van der Waals surface area contributed by atoms with Gasteiger partial charge >= 0.3 is 0 Å². The van der Waals surface area contributed by atoms with E-state index < -0.39 is 0 Å². The number of likely N-dealkylation sites (N-methyl/N-ethyl adjacent to an activating group) is 1. The predicted octanol–water partition coefficient (Wildman–Crippen LogP) is 3.13. The van der Waals surface area contributed by atoms with Crippen LogP contribution in [0.1, 0.15) is 21.8 Å². The lowest BCUT2D eigenvalue weighted by atomic mass is 9.99. The van der Waals surface area contributed by atoms with Gasteiger partial charge in [0.25, 0.3) is 0 Å². The maximum atomic E-state index is 4.54. The van der Waals surface area contributed by atoms with E-state index in [1.165, 1.54) is 16.1 Å². The zero-order valence-electron chi connectivity index (χ0n) is 11.2. The second-order valence-electron chi connectivity index (χ2n) is 4.70. The van der Waals surface area contributed by atoms with Gasteiger partial charge in [-0.05, 0) is 38.4 Å². The number of rotatable bonds is 5.